The van der Waals surface area contributed by atoms with E-state index in [4.69, 9.17) is 17.0 Å². The Morgan fingerprint density at radius 2 is 2.40 bits per heavy atom. The molecule has 7 heteroatoms. The number of hydrogen-bond acceptors (Lipinski definition) is 5. The molecule has 1 N–H and O–H groups in total. The molecular formula is C13H20N2O3S2. The van der Waals surface area contributed by atoms with Gasteiger partial charge in [0.25, 0.3) is 0 Å². The average molecular weight is 316 g/mol. The normalized spacial score (nSPS) is 26.4. The Morgan fingerprint density at radius 1 is 1.60 bits per heavy atom. The summed E-state index contributed by atoms with van der Waals surface area (Å²) < 4.78 is 6.07. The molecule has 2 aliphatic rings. The highest BCUT2D eigenvalue weighted by Gasteiger charge is 2.33. The molecular weight excluding hydrogens is 296 g/mol. The minimum absolute atomic E-state index is 0.0127. The van der Waals surface area contributed by atoms with Crippen molar-refractivity contribution >= 4 is 40.1 Å². The number of amides is 2. The predicted octanol–water partition coefficient (Wildman–Crippen LogP) is 1.31. The molecule has 2 atom stereocenters. The molecule has 2 saturated heterocycles. The van der Waals surface area contributed by atoms with Gasteiger partial charge in [0, 0.05) is 26.1 Å². The molecule has 0 aromatic carbocycles. The maximum absolute atomic E-state index is 11.8. The number of rotatable bonds is 6. The summed E-state index contributed by atoms with van der Waals surface area (Å²) in [6.45, 7) is 3.77. The smallest absolute Gasteiger partial charge is 0.241 e. The fourth-order valence-electron chi connectivity index (χ4n) is 2.30. The number of nitrogens with one attached hydrogen (secondary N) is 1. The number of thioether (sulfide) groups is 1. The minimum atomic E-state index is -0.0872. The summed E-state index contributed by atoms with van der Waals surface area (Å²) in [7, 11) is 0. The molecule has 5 nitrogen and oxygen atoms in total. The molecule has 2 rings (SSSR count). The zero-order valence-corrected chi connectivity index (χ0v) is 13.2. The molecule has 20 heavy (non-hydrogen) atoms. The molecule has 112 valence electrons. The van der Waals surface area contributed by atoms with Crippen LogP contribution < -0.4 is 5.32 Å². The maximum atomic E-state index is 11.8. The molecule has 0 spiro atoms. The zero-order valence-electron chi connectivity index (χ0n) is 11.6. The second-order valence-electron chi connectivity index (χ2n) is 5.06. The third kappa shape index (κ3) is 4.17. The Labute approximate surface area is 128 Å². The third-order valence-corrected chi connectivity index (χ3v) is 4.93. The topological polar surface area (TPSA) is 58.6 Å². The van der Waals surface area contributed by atoms with Crippen LogP contribution in [0, 0.1) is 0 Å². The molecule has 0 saturated carbocycles. The summed E-state index contributed by atoms with van der Waals surface area (Å²) in [5, 5.41) is 2.79. The highest BCUT2D eigenvalue weighted by Crippen LogP contribution is 2.26. The lowest BCUT2D eigenvalue weighted by molar-refractivity contribution is -0.126. The van der Waals surface area contributed by atoms with Gasteiger partial charge < -0.3 is 10.1 Å². The summed E-state index contributed by atoms with van der Waals surface area (Å²) in [6, 6.07) is 0. The van der Waals surface area contributed by atoms with Crippen LogP contribution >= 0.6 is 24.0 Å². The fourth-order valence-corrected chi connectivity index (χ4v) is 3.75. The van der Waals surface area contributed by atoms with Crippen LogP contribution in [0.3, 0.4) is 0 Å². The predicted molar refractivity (Wildman–Crippen MR) is 82.6 cm³/mol. The van der Waals surface area contributed by atoms with Crippen molar-refractivity contribution in [3.8, 4) is 0 Å². The van der Waals surface area contributed by atoms with Crippen LogP contribution in [0.2, 0.25) is 0 Å². The Balaban J connectivity index is 1.61. The van der Waals surface area contributed by atoms with Gasteiger partial charge in [0.2, 0.25) is 11.8 Å². The highest BCUT2D eigenvalue weighted by atomic mass is 32.2. The van der Waals surface area contributed by atoms with Crippen LogP contribution in [0.4, 0.5) is 0 Å². The maximum Gasteiger partial charge on any atom is 0.241 e. The molecule has 0 bridgehead atoms. The second-order valence-corrected chi connectivity index (χ2v) is 7.03. The van der Waals surface area contributed by atoms with Gasteiger partial charge in [0.15, 0.2) is 0 Å². The molecule has 0 radical (unpaired) electrons. The number of nitrogens with zero attached hydrogens (tertiary/aromatic N) is 1. The summed E-state index contributed by atoms with van der Waals surface area (Å²) in [4.78, 5) is 25.1. The van der Waals surface area contributed by atoms with Gasteiger partial charge in [-0.25, -0.2) is 0 Å². The van der Waals surface area contributed by atoms with E-state index in [0.717, 1.165) is 19.4 Å². The number of carbonyl (C=O) groups is 2. The lowest BCUT2D eigenvalue weighted by Gasteiger charge is -2.15. The van der Waals surface area contributed by atoms with E-state index in [2.05, 4.69) is 5.32 Å². The molecule has 0 aromatic rings. The quantitative estimate of drug-likeness (QED) is 0.749. The summed E-state index contributed by atoms with van der Waals surface area (Å²) in [5.41, 5.74) is 0. The van der Waals surface area contributed by atoms with Gasteiger partial charge in [-0.15, -0.1) is 0 Å². The molecule has 2 heterocycles. The first-order valence-electron chi connectivity index (χ1n) is 6.98. The summed E-state index contributed by atoms with van der Waals surface area (Å²) >= 11 is 6.56. The largest absolute Gasteiger partial charge is 0.376 e. The van der Waals surface area contributed by atoms with Crippen molar-refractivity contribution in [2.45, 2.75) is 44.0 Å². The first-order chi connectivity index (χ1) is 9.58. The van der Waals surface area contributed by atoms with E-state index in [1.807, 2.05) is 6.92 Å². The van der Waals surface area contributed by atoms with Gasteiger partial charge in [0.1, 0.15) is 4.32 Å². The standard InChI is InChI=1S/C13H20N2O3S2/c1-9-12(17)15(13(19)20-9)6-2-5-11(16)14-8-10-4-3-7-18-10/h9-10H,2-8H2,1H3,(H,14,16). The Morgan fingerprint density at radius 3 is 3.00 bits per heavy atom. The molecule has 0 aliphatic carbocycles. The SMILES string of the molecule is CC1SC(=S)N(CCCC(=O)NCC2CCCO2)C1=O. The fraction of sp³-hybridized carbons (Fsp3) is 0.769. The zero-order chi connectivity index (χ0) is 14.5. The lowest BCUT2D eigenvalue weighted by Crippen LogP contribution is -2.34. The van der Waals surface area contributed by atoms with Crippen molar-refractivity contribution in [3.05, 3.63) is 0 Å². The van der Waals surface area contributed by atoms with Crippen LogP contribution in [-0.4, -0.2) is 52.1 Å². The van der Waals surface area contributed by atoms with Gasteiger partial charge in [-0.2, -0.15) is 0 Å². The Kier molecular flexibility index (Phi) is 5.80. The van der Waals surface area contributed by atoms with Crippen LogP contribution in [0.25, 0.3) is 0 Å². The molecule has 0 aromatic heterocycles. The third-order valence-electron chi connectivity index (χ3n) is 3.45. The van der Waals surface area contributed by atoms with E-state index in [9.17, 15) is 9.59 Å². The summed E-state index contributed by atoms with van der Waals surface area (Å²) in [6.07, 6.45) is 3.31. The van der Waals surface area contributed by atoms with E-state index in [1.165, 1.54) is 11.8 Å². The van der Waals surface area contributed by atoms with Crippen molar-refractivity contribution in [1.82, 2.24) is 10.2 Å². The van der Waals surface area contributed by atoms with Gasteiger partial charge in [0.05, 0.1) is 11.4 Å². The van der Waals surface area contributed by atoms with E-state index in [0.29, 0.717) is 30.3 Å². The lowest BCUT2D eigenvalue weighted by atomic mass is 10.2. The van der Waals surface area contributed by atoms with E-state index in [-0.39, 0.29) is 23.2 Å². The number of hydrogen-bond donors (Lipinski definition) is 1. The van der Waals surface area contributed by atoms with Crippen molar-refractivity contribution in [3.63, 3.8) is 0 Å². The molecule has 2 aliphatic heterocycles. The van der Waals surface area contributed by atoms with Crippen molar-refractivity contribution in [2.24, 2.45) is 0 Å². The number of thiocarbonyl (C=S) groups is 1. The van der Waals surface area contributed by atoms with Crippen molar-refractivity contribution in [1.29, 1.82) is 0 Å². The van der Waals surface area contributed by atoms with Gasteiger partial charge in [-0.05, 0) is 26.2 Å². The van der Waals surface area contributed by atoms with Crippen molar-refractivity contribution < 1.29 is 14.3 Å². The summed E-state index contributed by atoms with van der Waals surface area (Å²) in [5.74, 6) is 0.0681. The van der Waals surface area contributed by atoms with Crippen LogP contribution in [0.1, 0.15) is 32.6 Å². The van der Waals surface area contributed by atoms with Crippen molar-refractivity contribution in [2.75, 3.05) is 19.7 Å². The molecule has 2 unspecified atom stereocenters. The van der Waals surface area contributed by atoms with Crippen LogP contribution in [0.15, 0.2) is 0 Å². The number of ether oxygens (including phenoxy) is 1. The number of carbonyl (C=O) groups excluding carboxylic acids is 2. The highest BCUT2D eigenvalue weighted by molar-refractivity contribution is 8.24. The van der Waals surface area contributed by atoms with E-state index >= 15 is 0 Å². The molecule has 2 fully saturated rings. The van der Waals surface area contributed by atoms with Gasteiger partial charge >= 0.3 is 0 Å². The second kappa shape index (κ2) is 7.38. The average Bonchev–Trinajstić information content (AvgIpc) is 3.00. The Hall–Kier alpha value is -0.660. The first-order valence-corrected chi connectivity index (χ1v) is 8.27. The molecule has 2 amide bonds. The first kappa shape index (κ1) is 15.7. The minimum Gasteiger partial charge on any atom is -0.376 e. The van der Waals surface area contributed by atoms with Gasteiger partial charge in [-0.3, -0.25) is 14.5 Å². The van der Waals surface area contributed by atoms with E-state index < -0.39 is 0 Å². The van der Waals surface area contributed by atoms with Crippen LogP contribution in [-0.2, 0) is 14.3 Å². The van der Waals surface area contributed by atoms with Gasteiger partial charge in [-0.1, -0.05) is 24.0 Å². The van der Waals surface area contributed by atoms with Crippen LogP contribution in [0.5, 0.6) is 0 Å². The monoisotopic (exact) mass is 316 g/mol. The Bertz CT molecular complexity index is 397. The van der Waals surface area contributed by atoms with E-state index in [1.54, 1.807) is 4.90 Å².